The zero-order chi connectivity index (χ0) is 21.6. The minimum atomic E-state index is -0.750. The molecular weight excluding hydrogens is 386 g/mol. The van der Waals surface area contributed by atoms with E-state index in [4.69, 9.17) is 4.74 Å². The molecule has 4 heteroatoms. The summed E-state index contributed by atoms with van der Waals surface area (Å²) in [6.45, 7) is 3.30. The van der Waals surface area contributed by atoms with Gasteiger partial charge >= 0.3 is 5.97 Å². The molecule has 160 valence electrons. The molecular formula is C27H29NO3. The van der Waals surface area contributed by atoms with Crippen molar-refractivity contribution in [1.29, 1.82) is 0 Å². The third kappa shape index (κ3) is 4.97. The Morgan fingerprint density at radius 1 is 1.03 bits per heavy atom. The third-order valence-corrected chi connectivity index (χ3v) is 5.97. The van der Waals surface area contributed by atoms with Crippen LogP contribution < -0.4 is 4.74 Å². The average Bonchev–Trinajstić information content (AvgIpc) is 2.80. The van der Waals surface area contributed by atoms with Gasteiger partial charge in [0.05, 0.1) is 6.04 Å². The van der Waals surface area contributed by atoms with Crippen LogP contribution in [0.15, 0.2) is 78.9 Å². The molecule has 0 spiro atoms. The first-order valence-corrected chi connectivity index (χ1v) is 10.9. The fourth-order valence-corrected chi connectivity index (χ4v) is 4.49. The molecule has 1 fully saturated rings. The number of carbonyl (C=O) groups is 1. The van der Waals surface area contributed by atoms with E-state index < -0.39 is 12.0 Å². The predicted octanol–water partition coefficient (Wildman–Crippen LogP) is 5.60. The molecule has 3 aromatic rings. The van der Waals surface area contributed by atoms with E-state index >= 15 is 0 Å². The summed E-state index contributed by atoms with van der Waals surface area (Å²) < 4.78 is 6.27. The van der Waals surface area contributed by atoms with Gasteiger partial charge in [0.1, 0.15) is 18.4 Å². The van der Waals surface area contributed by atoms with Crippen molar-refractivity contribution in [2.45, 2.75) is 44.9 Å². The molecule has 2 unspecified atom stereocenters. The van der Waals surface area contributed by atoms with Crippen LogP contribution in [0.4, 0.5) is 0 Å². The van der Waals surface area contributed by atoms with Crippen molar-refractivity contribution in [3.8, 4) is 5.75 Å². The van der Waals surface area contributed by atoms with Crippen molar-refractivity contribution >= 4 is 5.97 Å². The van der Waals surface area contributed by atoms with Gasteiger partial charge < -0.3 is 9.84 Å². The molecule has 1 aliphatic heterocycles. The van der Waals surface area contributed by atoms with Crippen LogP contribution in [-0.2, 0) is 11.4 Å². The lowest BCUT2D eigenvalue weighted by Crippen LogP contribution is -2.46. The van der Waals surface area contributed by atoms with Crippen LogP contribution in [0, 0.1) is 6.92 Å². The Kier molecular flexibility index (Phi) is 6.68. The van der Waals surface area contributed by atoms with Gasteiger partial charge in [-0.25, -0.2) is 0 Å². The molecule has 4 rings (SSSR count). The highest BCUT2D eigenvalue weighted by Gasteiger charge is 2.36. The Morgan fingerprint density at radius 2 is 1.81 bits per heavy atom. The zero-order valence-corrected chi connectivity index (χ0v) is 17.9. The summed E-state index contributed by atoms with van der Waals surface area (Å²) in [6, 6.07) is 25.8. The van der Waals surface area contributed by atoms with Crippen molar-refractivity contribution in [1.82, 2.24) is 4.90 Å². The number of aryl methyl sites for hydroxylation is 1. The highest BCUT2D eigenvalue weighted by Crippen LogP contribution is 2.39. The van der Waals surface area contributed by atoms with Crippen molar-refractivity contribution in [3.63, 3.8) is 0 Å². The van der Waals surface area contributed by atoms with Crippen molar-refractivity contribution in [2.24, 2.45) is 0 Å². The third-order valence-electron chi connectivity index (χ3n) is 5.97. The van der Waals surface area contributed by atoms with Gasteiger partial charge in [0.2, 0.25) is 0 Å². The zero-order valence-electron chi connectivity index (χ0n) is 17.9. The van der Waals surface area contributed by atoms with Crippen LogP contribution in [0.1, 0.15) is 47.6 Å². The lowest BCUT2D eigenvalue weighted by Gasteiger charge is -2.40. The molecule has 0 saturated carbocycles. The predicted molar refractivity (Wildman–Crippen MR) is 122 cm³/mol. The van der Waals surface area contributed by atoms with Crippen LogP contribution in [0.5, 0.6) is 5.75 Å². The average molecular weight is 416 g/mol. The maximum atomic E-state index is 12.1. The Hall–Kier alpha value is -3.11. The molecule has 1 saturated heterocycles. The Morgan fingerprint density at radius 3 is 2.58 bits per heavy atom. The van der Waals surface area contributed by atoms with Gasteiger partial charge in [-0.1, -0.05) is 84.8 Å². The number of nitrogens with zero attached hydrogens (tertiary/aromatic N) is 1. The maximum absolute atomic E-state index is 12.1. The summed E-state index contributed by atoms with van der Waals surface area (Å²) in [5, 5.41) is 9.95. The van der Waals surface area contributed by atoms with Gasteiger partial charge in [-0.05, 0) is 43.5 Å². The second-order valence-corrected chi connectivity index (χ2v) is 8.22. The monoisotopic (exact) mass is 415 g/mol. The molecule has 0 radical (unpaired) electrons. The summed E-state index contributed by atoms with van der Waals surface area (Å²) in [6.07, 6.45) is 2.62. The van der Waals surface area contributed by atoms with E-state index in [1.165, 1.54) is 0 Å². The molecule has 3 aromatic carbocycles. The topological polar surface area (TPSA) is 49.8 Å². The number of likely N-dealkylation sites (tertiary alicyclic amines) is 1. The van der Waals surface area contributed by atoms with E-state index in [1.807, 2.05) is 54.6 Å². The van der Waals surface area contributed by atoms with Gasteiger partial charge in [0, 0.05) is 5.56 Å². The highest BCUT2D eigenvalue weighted by atomic mass is 16.5. The van der Waals surface area contributed by atoms with Crippen molar-refractivity contribution in [2.75, 3.05) is 6.54 Å². The number of aliphatic carboxylic acids is 1. The van der Waals surface area contributed by atoms with E-state index in [-0.39, 0.29) is 6.04 Å². The number of hydrogen-bond acceptors (Lipinski definition) is 3. The summed E-state index contributed by atoms with van der Waals surface area (Å²) in [5.74, 6) is 0.0487. The van der Waals surface area contributed by atoms with Gasteiger partial charge in [-0.3, -0.25) is 9.69 Å². The standard InChI is InChI=1S/C27H29NO3/c1-20-10-9-13-22(18-20)26(28-17-8-7-15-24(28)27(29)30)23-14-5-6-16-25(23)31-19-21-11-3-2-4-12-21/h2-6,9-14,16,18,24,26H,7-8,15,17,19H2,1H3,(H,29,30). The largest absolute Gasteiger partial charge is 0.489 e. The molecule has 1 N–H and O–H groups in total. The lowest BCUT2D eigenvalue weighted by molar-refractivity contribution is -0.145. The first-order chi connectivity index (χ1) is 15.1. The van der Waals surface area contributed by atoms with Gasteiger partial charge in [0.25, 0.3) is 0 Å². The minimum absolute atomic E-state index is 0.173. The lowest BCUT2D eigenvalue weighted by atomic mass is 9.90. The van der Waals surface area contributed by atoms with Gasteiger partial charge in [0.15, 0.2) is 0 Å². The first kappa shape index (κ1) is 21.1. The van der Waals surface area contributed by atoms with Gasteiger partial charge in [-0.15, -0.1) is 0 Å². The second kappa shape index (κ2) is 9.80. The van der Waals surface area contributed by atoms with Crippen molar-refractivity contribution in [3.05, 3.63) is 101 Å². The molecule has 1 heterocycles. The summed E-state index contributed by atoms with van der Waals surface area (Å²) in [7, 11) is 0. The first-order valence-electron chi connectivity index (χ1n) is 10.9. The van der Waals surface area contributed by atoms with Crippen LogP contribution in [-0.4, -0.2) is 28.6 Å². The number of hydrogen-bond donors (Lipinski definition) is 1. The molecule has 4 nitrogen and oxygen atoms in total. The van der Waals surface area contributed by atoms with E-state index in [0.29, 0.717) is 13.0 Å². The molecule has 1 aliphatic rings. The van der Waals surface area contributed by atoms with E-state index in [1.54, 1.807) is 0 Å². The summed E-state index contributed by atoms with van der Waals surface area (Å²) in [4.78, 5) is 14.3. The molecule has 0 aromatic heterocycles. The number of para-hydroxylation sites is 1. The Labute approximate surface area is 184 Å². The molecule has 0 aliphatic carbocycles. The fraction of sp³-hybridized carbons (Fsp3) is 0.296. The van der Waals surface area contributed by atoms with E-state index in [0.717, 1.165) is 47.4 Å². The summed E-state index contributed by atoms with van der Waals surface area (Å²) >= 11 is 0. The van der Waals surface area contributed by atoms with Gasteiger partial charge in [-0.2, -0.15) is 0 Å². The molecule has 0 amide bonds. The number of ether oxygens (including phenoxy) is 1. The quantitative estimate of drug-likeness (QED) is 0.545. The minimum Gasteiger partial charge on any atom is -0.489 e. The van der Waals surface area contributed by atoms with Crippen LogP contribution >= 0.6 is 0 Å². The van der Waals surface area contributed by atoms with E-state index in [2.05, 4.69) is 36.1 Å². The van der Waals surface area contributed by atoms with Crippen LogP contribution in [0.25, 0.3) is 0 Å². The molecule has 31 heavy (non-hydrogen) atoms. The summed E-state index contributed by atoms with van der Waals surface area (Å²) in [5.41, 5.74) is 4.38. The fourth-order valence-electron chi connectivity index (χ4n) is 4.49. The number of carboxylic acid groups (broad SMARTS) is 1. The van der Waals surface area contributed by atoms with E-state index in [9.17, 15) is 9.90 Å². The number of carboxylic acids is 1. The van der Waals surface area contributed by atoms with Crippen LogP contribution in [0.2, 0.25) is 0 Å². The smallest absolute Gasteiger partial charge is 0.320 e. The number of rotatable bonds is 7. The Bertz CT molecular complexity index is 1020. The molecule has 0 bridgehead atoms. The van der Waals surface area contributed by atoms with Crippen LogP contribution in [0.3, 0.4) is 0 Å². The normalized spacial score (nSPS) is 17.8. The second-order valence-electron chi connectivity index (χ2n) is 8.22. The van der Waals surface area contributed by atoms with Crippen molar-refractivity contribution < 1.29 is 14.6 Å². The Balaban J connectivity index is 1.74. The number of benzene rings is 3. The number of piperidine rings is 1. The SMILES string of the molecule is Cc1cccc(C(c2ccccc2OCc2ccccc2)N2CCCCC2C(=O)O)c1. The highest BCUT2D eigenvalue weighted by molar-refractivity contribution is 5.73. The maximum Gasteiger partial charge on any atom is 0.320 e. The molecule has 2 atom stereocenters.